The van der Waals surface area contributed by atoms with Crippen molar-refractivity contribution in [1.82, 2.24) is 9.97 Å². The molecular weight excluding hydrogens is 256 g/mol. The van der Waals surface area contributed by atoms with Crippen LogP contribution in [-0.2, 0) is 0 Å². The van der Waals surface area contributed by atoms with Crippen LogP contribution in [0.25, 0.3) is 0 Å². The fourth-order valence-corrected chi connectivity index (χ4v) is 1.63. The first-order valence-electron chi connectivity index (χ1n) is 5.12. The van der Waals surface area contributed by atoms with Gasteiger partial charge in [-0.3, -0.25) is 0 Å². The third-order valence-corrected chi connectivity index (χ3v) is 2.36. The van der Waals surface area contributed by atoms with Crippen LogP contribution in [0.1, 0.15) is 26.7 Å². The van der Waals surface area contributed by atoms with Crippen molar-refractivity contribution in [1.29, 1.82) is 0 Å². The topological polar surface area (TPSA) is 63.8 Å². The van der Waals surface area contributed by atoms with E-state index in [1.54, 1.807) is 6.07 Å². The van der Waals surface area contributed by atoms with Crippen molar-refractivity contribution >= 4 is 27.7 Å². The molecular formula is C10H17BrN4. The summed E-state index contributed by atoms with van der Waals surface area (Å²) in [7, 11) is 0. The molecule has 0 bridgehead atoms. The minimum atomic E-state index is 0.475. The van der Waals surface area contributed by atoms with Crippen molar-refractivity contribution in [2.75, 3.05) is 17.6 Å². The summed E-state index contributed by atoms with van der Waals surface area (Å²) in [6, 6.07) is 1.68. The maximum Gasteiger partial charge on any atom is 0.225 e. The summed E-state index contributed by atoms with van der Waals surface area (Å²) in [4.78, 5) is 8.24. The molecule has 1 aromatic heterocycles. The molecule has 84 valence electrons. The maximum atomic E-state index is 5.59. The fraction of sp³-hybridized carbons (Fsp3) is 0.600. The van der Waals surface area contributed by atoms with Gasteiger partial charge in [-0.15, -0.1) is 0 Å². The highest BCUT2D eigenvalue weighted by molar-refractivity contribution is 9.10. The lowest BCUT2D eigenvalue weighted by Crippen LogP contribution is -2.07. The number of aromatic nitrogens is 2. The molecule has 15 heavy (non-hydrogen) atoms. The van der Waals surface area contributed by atoms with Gasteiger partial charge in [0.15, 0.2) is 0 Å². The van der Waals surface area contributed by atoms with Crippen LogP contribution in [0.5, 0.6) is 0 Å². The number of hydrogen-bond donors (Lipinski definition) is 2. The Hall–Kier alpha value is -0.840. The largest absolute Gasteiger partial charge is 0.383 e. The predicted molar refractivity (Wildman–Crippen MR) is 66.7 cm³/mol. The van der Waals surface area contributed by atoms with Crippen LogP contribution in [0.4, 0.5) is 11.8 Å². The van der Waals surface area contributed by atoms with E-state index in [0.29, 0.717) is 16.4 Å². The van der Waals surface area contributed by atoms with Crippen LogP contribution in [0.15, 0.2) is 10.7 Å². The Bertz CT molecular complexity index is 294. The first-order chi connectivity index (χ1) is 7.08. The highest BCUT2D eigenvalue weighted by atomic mass is 79.9. The number of nitrogen functional groups attached to an aromatic ring is 1. The molecule has 0 radical (unpaired) electrons. The summed E-state index contributed by atoms with van der Waals surface area (Å²) >= 11 is 3.27. The van der Waals surface area contributed by atoms with Crippen molar-refractivity contribution in [2.45, 2.75) is 26.7 Å². The number of hydrogen-bond acceptors (Lipinski definition) is 4. The molecule has 0 spiro atoms. The summed E-state index contributed by atoms with van der Waals surface area (Å²) in [5, 5.41) is 3.15. The zero-order chi connectivity index (χ0) is 11.3. The second-order valence-electron chi connectivity index (χ2n) is 3.90. The zero-order valence-electron chi connectivity index (χ0n) is 9.13. The zero-order valence-corrected chi connectivity index (χ0v) is 10.7. The number of anilines is 2. The van der Waals surface area contributed by atoms with E-state index in [2.05, 4.69) is 45.1 Å². The summed E-state index contributed by atoms with van der Waals surface area (Å²) in [6.45, 7) is 5.31. The SMILES string of the molecule is CC(C)CCCNc1nc(N)cc(Br)n1. The Morgan fingerprint density at radius 2 is 2.20 bits per heavy atom. The average molecular weight is 273 g/mol. The van der Waals surface area contributed by atoms with Gasteiger partial charge < -0.3 is 11.1 Å². The highest BCUT2D eigenvalue weighted by Gasteiger charge is 2.00. The molecule has 0 saturated carbocycles. The van der Waals surface area contributed by atoms with E-state index >= 15 is 0 Å². The number of halogens is 1. The first kappa shape index (κ1) is 12.2. The molecule has 0 unspecified atom stereocenters. The Labute approximate surface area is 98.8 Å². The highest BCUT2D eigenvalue weighted by Crippen LogP contribution is 2.12. The Morgan fingerprint density at radius 3 is 2.80 bits per heavy atom. The molecule has 0 aliphatic rings. The third-order valence-electron chi connectivity index (χ3n) is 1.96. The summed E-state index contributed by atoms with van der Waals surface area (Å²) < 4.78 is 0.710. The van der Waals surface area contributed by atoms with E-state index in [1.807, 2.05) is 0 Å². The minimum absolute atomic E-state index is 0.475. The van der Waals surface area contributed by atoms with E-state index in [-0.39, 0.29) is 0 Å². The number of nitrogens with zero attached hydrogens (tertiary/aromatic N) is 2. The lowest BCUT2D eigenvalue weighted by Gasteiger charge is -2.07. The lowest BCUT2D eigenvalue weighted by molar-refractivity contribution is 0.566. The Balaban J connectivity index is 2.37. The number of rotatable bonds is 5. The van der Waals surface area contributed by atoms with Gasteiger partial charge in [0.2, 0.25) is 5.95 Å². The van der Waals surface area contributed by atoms with Crippen molar-refractivity contribution in [2.24, 2.45) is 5.92 Å². The maximum absolute atomic E-state index is 5.59. The third kappa shape index (κ3) is 4.97. The standard InChI is InChI=1S/C10H17BrN4/c1-7(2)4-3-5-13-10-14-8(11)6-9(12)15-10/h6-7H,3-5H2,1-2H3,(H3,12,13,14,15). The minimum Gasteiger partial charge on any atom is -0.383 e. The molecule has 0 atom stereocenters. The van der Waals surface area contributed by atoms with Crippen LogP contribution in [0.2, 0.25) is 0 Å². The van der Waals surface area contributed by atoms with Gasteiger partial charge in [-0.2, -0.15) is 4.98 Å². The van der Waals surface area contributed by atoms with Gasteiger partial charge in [-0.05, 0) is 34.7 Å². The molecule has 1 heterocycles. The van der Waals surface area contributed by atoms with Gasteiger partial charge in [0.05, 0.1) is 0 Å². The lowest BCUT2D eigenvalue weighted by atomic mass is 10.1. The summed E-state index contributed by atoms with van der Waals surface area (Å²) in [6.07, 6.45) is 2.32. The van der Waals surface area contributed by atoms with E-state index < -0.39 is 0 Å². The second-order valence-corrected chi connectivity index (χ2v) is 4.71. The van der Waals surface area contributed by atoms with Gasteiger partial charge in [-0.25, -0.2) is 4.98 Å². The van der Waals surface area contributed by atoms with Gasteiger partial charge in [0, 0.05) is 12.6 Å². The van der Waals surface area contributed by atoms with Crippen molar-refractivity contribution in [3.63, 3.8) is 0 Å². The normalized spacial score (nSPS) is 10.7. The average Bonchev–Trinajstić information content (AvgIpc) is 2.10. The summed E-state index contributed by atoms with van der Waals surface area (Å²) in [5.41, 5.74) is 5.59. The number of nitrogens with one attached hydrogen (secondary N) is 1. The second kappa shape index (κ2) is 5.90. The van der Waals surface area contributed by atoms with Crippen molar-refractivity contribution < 1.29 is 0 Å². The van der Waals surface area contributed by atoms with Crippen LogP contribution < -0.4 is 11.1 Å². The van der Waals surface area contributed by atoms with E-state index in [4.69, 9.17) is 5.73 Å². The predicted octanol–water partition coefficient (Wildman–Crippen LogP) is 2.67. The van der Waals surface area contributed by atoms with E-state index in [1.165, 1.54) is 6.42 Å². The monoisotopic (exact) mass is 272 g/mol. The summed E-state index contributed by atoms with van der Waals surface area (Å²) in [5.74, 6) is 1.80. The van der Waals surface area contributed by atoms with Crippen molar-refractivity contribution in [3.05, 3.63) is 10.7 Å². The Kier molecular flexibility index (Phi) is 4.81. The van der Waals surface area contributed by atoms with Crippen LogP contribution in [0.3, 0.4) is 0 Å². The molecule has 0 aromatic carbocycles. The molecule has 5 heteroatoms. The van der Waals surface area contributed by atoms with E-state index in [9.17, 15) is 0 Å². The van der Waals surface area contributed by atoms with Crippen LogP contribution in [0, 0.1) is 5.92 Å². The van der Waals surface area contributed by atoms with Gasteiger partial charge in [0.25, 0.3) is 0 Å². The van der Waals surface area contributed by atoms with Crippen molar-refractivity contribution in [3.8, 4) is 0 Å². The van der Waals surface area contributed by atoms with Gasteiger partial charge >= 0.3 is 0 Å². The quantitative estimate of drug-likeness (QED) is 0.639. The molecule has 4 nitrogen and oxygen atoms in total. The molecule has 1 rings (SSSR count). The molecule has 0 aliphatic heterocycles. The molecule has 0 saturated heterocycles. The smallest absolute Gasteiger partial charge is 0.225 e. The van der Waals surface area contributed by atoms with Crippen LogP contribution >= 0.6 is 15.9 Å². The number of nitrogens with two attached hydrogens (primary N) is 1. The first-order valence-corrected chi connectivity index (χ1v) is 5.91. The van der Waals surface area contributed by atoms with E-state index in [0.717, 1.165) is 18.9 Å². The molecule has 0 amide bonds. The molecule has 0 fully saturated rings. The molecule has 0 aliphatic carbocycles. The van der Waals surface area contributed by atoms with Gasteiger partial charge in [-0.1, -0.05) is 13.8 Å². The van der Waals surface area contributed by atoms with Crippen LogP contribution in [-0.4, -0.2) is 16.5 Å². The Morgan fingerprint density at radius 1 is 1.47 bits per heavy atom. The fourth-order valence-electron chi connectivity index (χ4n) is 1.22. The molecule has 3 N–H and O–H groups in total. The molecule has 1 aromatic rings. The van der Waals surface area contributed by atoms with Gasteiger partial charge in [0.1, 0.15) is 10.4 Å².